The van der Waals surface area contributed by atoms with Gasteiger partial charge in [-0.15, -0.1) is 9.24 Å². The Bertz CT molecular complexity index is 123. The van der Waals surface area contributed by atoms with Crippen LogP contribution in [0.25, 0.3) is 0 Å². The summed E-state index contributed by atoms with van der Waals surface area (Å²) in [5.74, 6) is -1.22. The number of carbonyl (C=O) groups is 2. The SMILES string of the molecule is CCCC(=O)CC(=O)O.CP. The van der Waals surface area contributed by atoms with Gasteiger partial charge < -0.3 is 5.11 Å². The van der Waals surface area contributed by atoms with E-state index in [0.29, 0.717) is 6.42 Å². The molecule has 0 aromatic heterocycles. The van der Waals surface area contributed by atoms with Gasteiger partial charge in [0.1, 0.15) is 12.2 Å². The van der Waals surface area contributed by atoms with Gasteiger partial charge >= 0.3 is 5.97 Å². The molecule has 0 aliphatic rings. The molecule has 0 aliphatic heterocycles. The first kappa shape index (κ1) is 13.2. The van der Waals surface area contributed by atoms with Crippen LogP contribution in [0.15, 0.2) is 0 Å². The second-order valence-corrected chi connectivity index (χ2v) is 1.86. The molecule has 0 radical (unpaired) electrons. The molecule has 0 heterocycles. The number of carboxylic acids is 1. The Morgan fingerprint density at radius 3 is 2.09 bits per heavy atom. The summed E-state index contributed by atoms with van der Waals surface area (Å²) in [4.78, 5) is 20.3. The number of carbonyl (C=O) groups excluding carboxylic acids is 1. The van der Waals surface area contributed by atoms with Gasteiger partial charge in [0, 0.05) is 6.42 Å². The Morgan fingerprint density at radius 2 is 1.82 bits per heavy atom. The van der Waals surface area contributed by atoms with Crippen molar-refractivity contribution in [2.75, 3.05) is 6.66 Å². The van der Waals surface area contributed by atoms with Gasteiger partial charge in [0.25, 0.3) is 0 Å². The predicted molar refractivity (Wildman–Crippen MR) is 47.8 cm³/mol. The molecule has 0 aliphatic carbocycles. The van der Waals surface area contributed by atoms with Crippen LogP contribution in [0.4, 0.5) is 0 Å². The number of hydrogen-bond donors (Lipinski definition) is 1. The van der Waals surface area contributed by atoms with Crippen molar-refractivity contribution in [2.45, 2.75) is 26.2 Å². The fourth-order valence-electron chi connectivity index (χ4n) is 0.536. The van der Waals surface area contributed by atoms with E-state index in [-0.39, 0.29) is 12.2 Å². The smallest absolute Gasteiger partial charge is 0.310 e. The highest BCUT2D eigenvalue weighted by Gasteiger charge is 2.04. The van der Waals surface area contributed by atoms with Crippen LogP contribution in [-0.2, 0) is 9.59 Å². The molecule has 11 heavy (non-hydrogen) atoms. The fraction of sp³-hybridized carbons (Fsp3) is 0.714. The average molecular weight is 178 g/mol. The monoisotopic (exact) mass is 178 g/mol. The van der Waals surface area contributed by atoms with Crippen LogP contribution < -0.4 is 0 Å². The minimum absolute atomic E-state index is 0.190. The molecule has 1 N–H and O–H groups in total. The number of ketones is 1. The van der Waals surface area contributed by atoms with E-state index in [0.717, 1.165) is 6.42 Å². The Balaban J connectivity index is 0. The van der Waals surface area contributed by atoms with Gasteiger partial charge in [-0.25, -0.2) is 0 Å². The average Bonchev–Trinajstić information content (AvgIpc) is 1.91. The maximum atomic E-state index is 10.5. The summed E-state index contributed by atoms with van der Waals surface area (Å²) in [6.45, 7) is 3.76. The standard InChI is InChI=1S/C6H10O3.CH5P/c1-2-3-5(7)4-6(8)9;1-2/h2-4H2,1H3,(H,8,9);2H2,1H3. The highest BCUT2D eigenvalue weighted by molar-refractivity contribution is 7.15. The molecule has 0 saturated heterocycles. The number of hydrogen-bond acceptors (Lipinski definition) is 2. The molecule has 0 aromatic rings. The van der Waals surface area contributed by atoms with Crippen molar-refractivity contribution in [3.05, 3.63) is 0 Å². The lowest BCUT2D eigenvalue weighted by molar-refractivity contribution is -0.140. The van der Waals surface area contributed by atoms with Gasteiger partial charge in [-0.05, 0) is 6.42 Å². The number of carboxylic acid groups (broad SMARTS) is 1. The molecular weight excluding hydrogens is 163 g/mol. The van der Waals surface area contributed by atoms with Crippen molar-refractivity contribution in [3.63, 3.8) is 0 Å². The van der Waals surface area contributed by atoms with E-state index in [1.54, 1.807) is 0 Å². The summed E-state index contributed by atoms with van der Waals surface area (Å²) < 4.78 is 0. The quantitative estimate of drug-likeness (QED) is 0.521. The molecular formula is C7H15O3P. The van der Waals surface area contributed by atoms with Crippen molar-refractivity contribution < 1.29 is 14.7 Å². The molecule has 0 bridgehead atoms. The molecule has 1 unspecified atom stereocenters. The second-order valence-electron chi connectivity index (χ2n) is 1.86. The van der Waals surface area contributed by atoms with Crippen LogP contribution in [-0.4, -0.2) is 23.5 Å². The zero-order valence-corrected chi connectivity index (χ0v) is 8.12. The first-order valence-electron chi connectivity index (χ1n) is 3.48. The summed E-state index contributed by atoms with van der Waals surface area (Å²) in [7, 11) is 2.42. The first-order chi connectivity index (χ1) is 5.16. The topological polar surface area (TPSA) is 54.4 Å². The largest absolute Gasteiger partial charge is 0.481 e. The summed E-state index contributed by atoms with van der Waals surface area (Å²) in [6.07, 6.45) is 0.784. The predicted octanol–water partition coefficient (Wildman–Crippen LogP) is 1.32. The summed E-state index contributed by atoms with van der Waals surface area (Å²) in [5.41, 5.74) is 0. The highest BCUT2D eigenvalue weighted by Crippen LogP contribution is 1.92. The minimum atomic E-state index is -1.03. The van der Waals surface area contributed by atoms with Gasteiger partial charge in [-0.3, -0.25) is 9.59 Å². The lowest BCUT2D eigenvalue weighted by Gasteiger charge is -1.90. The van der Waals surface area contributed by atoms with Crippen molar-refractivity contribution in [1.29, 1.82) is 0 Å². The summed E-state index contributed by atoms with van der Waals surface area (Å²) >= 11 is 0. The van der Waals surface area contributed by atoms with Crippen LogP contribution in [0.1, 0.15) is 26.2 Å². The fourth-order valence-corrected chi connectivity index (χ4v) is 0.536. The van der Waals surface area contributed by atoms with Crippen LogP contribution in [0.5, 0.6) is 0 Å². The van der Waals surface area contributed by atoms with Crippen molar-refractivity contribution >= 4 is 21.0 Å². The molecule has 3 nitrogen and oxygen atoms in total. The molecule has 4 heteroatoms. The molecule has 0 fully saturated rings. The summed E-state index contributed by atoms with van der Waals surface area (Å²) in [6, 6.07) is 0. The van der Waals surface area contributed by atoms with E-state index in [9.17, 15) is 9.59 Å². The molecule has 0 spiro atoms. The second kappa shape index (κ2) is 9.57. The minimum Gasteiger partial charge on any atom is -0.481 e. The van der Waals surface area contributed by atoms with Gasteiger partial charge in [-0.2, -0.15) is 0 Å². The van der Waals surface area contributed by atoms with Crippen molar-refractivity contribution in [3.8, 4) is 0 Å². The summed E-state index contributed by atoms with van der Waals surface area (Å²) in [5, 5.41) is 8.09. The van der Waals surface area contributed by atoms with E-state index in [2.05, 4.69) is 9.24 Å². The molecule has 0 saturated carbocycles. The third-order valence-corrected chi connectivity index (χ3v) is 0.877. The van der Waals surface area contributed by atoms with E-state index in [4.69, 9.17) is 5.11 Å². The van der Waals surface area contributed by atoms with Crippen molar-refractivity contribution in [1.82, 2.24) is 0 Å². The zero-order valence-electron chi connectivity index (χ0n) is 6.96. The lowest BCUT2D eigenvalue weighted by Crippen LogP contribution is -2.05. The first-order valence-corrected chi connectivity index (χ1v) is 4.63. The number of rotatable bonds is 4. The Hall–Kier alpha value is -0.430. The van der Waals surface area contributed by atoms with Gasteiger partial charge in [-0.1, -0.05) is 13.6 Å². The van der Waals surface area contributed by atoms with Crippen LogP contribution in [0.3, 0.4) is 0 Å². The van der Waals surface area contributed by atoms with Gasteiger partial charge in [0.2, 0.25) is 0 Å². The molecule has 0 amide bonds. The zero-order chi connectivity index (χ0) is 9.28. The Labute approximate surface area is 69.4 Å². The Kier molecular flexibility index (Phi) is 11.5. The van der Waals surface area contributed by atoms with E-state index in [1.165, 1.54) is 0 Å². The maximum Gasteiger partial charge on any atom is 0.310 e. The van der Waals surface area contributed by atoms with E-state index >= 15 is 0 Å². The van der Waals surface area contributed by atoms with Gasteiger partial charge in [0.05, 0.1) is 0 Å². The van der Waals surface area contributed by atoms with E-state index < -0.39 is 5.97 Å². The van der Waals surface area contributed by atoms with Crippen LogP contribution in [0.2, 0.25) is 0 Å². The lowest BCUT2D eigenvalue weighted by atomic mass is 10.2. The number of Topliss-reactive ketones (excluding diaryl/α,β-unsaturated/α-hetero) is 1. The molecule has 0 aromatic carbocycles. The third kappa shape index (κ3) is 12.7. The van der Waals surface area contributed by atoms with Crippen LogP contribution >= 0.6 is 9.24 Å². The van der Waals surface area contributed by atoms with Crippen LogP contribution in [0, 0.1) is 0 Å². The normalized spacial score (nSPS) is 7.91. The molecule has 1 atom stereocenters. The van der Waals surface area contributed by atoms with Gasteiger partial charge in [0.15, 0.2) is 0 Å². The highest BCUT2D eigenvalue weighted by atomic mass is 31.0. The molecule has 66 valence electrons. The van der Waals surface area contributed by atoms with Crippen molar-refractivity contribution in [2.24, 2.45) is 0 Å². The molecule has 0 rings (SSSR count). The number of aliphatic carboxylic acids is 1. The Morgan fingerprint density at radius 1 is 1.36 bits per heavy atom. The van der Waals surface area contributed by atoms with E-state index in [1.807, 2.05) is 13.6 Å². The third-order valence-electron chi connectivity index (χ3n) is 0.877. The maximum absolute atomic E-state index is 10.5.